The predicted molar refractivity (Wildman–Crippen MR) is 77.4 cm³/mol. The van der Waals surface area contributed by atoms with Gasteiger partial charge < -0.3 is 0 Å². The Kier molecular flexibility index (Phi) is 4.45. The zero-order chi connectivity index (χ0) is 18.3. The molecule has 2 nitrogen and oxygen atoms in total. The second-order valence-corrected chi connectivity index (χ2v) is 6.50. The highest BCUT2D eigenvalue weighted by molar-refractivity contribution is 5.65. The molecule has 0 saturated carbocycles. The molecule has 0 amide bonds. The van der Waals surface area contributed by atoms with Gasteiger partial charge in [0, 0.05) is 11.1 Å². The fraction of sp³-hybridized carbons (Fsp3) is 0.438. The third kappa shape index (κ3) is 4.10. The van der Waals surface area contributed by atoms with E-state index in [2.05, 4.69) is 5.10 Å². The van der Waals surface area contributed by atoms with Crippen molar-refractivity contribution in [3.8, 4) is 11.3 Å². The Morgan fingerprint density at radius 2 is 1.46 bits per heavy atom. The summed E-state index contributed by atoms with van der Waals surface area (Å²) < 4.78 is 77.0. The third-order valence-electron chi connectivity index (χ3n) is 3.46. The number of nitrogens with zero attached hydrogens (tertiary/aromatic N) is 2. The zero-order valence-corrected chi connectivity index (χ0v) is 13.3. The molecule has 0 saturated heterocycles. The molecule has 0 radical (unpaired) electrons. The highest BCUT2D eigenvalue weighted by Crippen LogP contribution is 2.36. The van der Waals surface area contributed by atoms with E-state index < -0.39 is 29.9 Å². The van der Waals surface area contributed by atoms with Gasteiger partial charge in [-0.2, -0.15) is 31.4 Å². The summed E-state index contributed by atoms with van der Waals surface area (Å²) in [7, 11) is 0. The molecule has 132 valence electrons. The molecule has 0 atom stereocenters. The van der Waals surface area contributed by atoms with Crippen molar-refractivity contribution >= 4 is 0 Å². The summed E-state index contributed by atoms with van der Waals surface area (Å²) in [6.45, 7) is 4.10. The normalized spacial score (nSPS) is 13.4. The maximum atomic E-state index is 12.8. The van der Waals surface area contributed by atoms with E-state index in [1.807, 2.05) is 0 Å². The van der Waals surface area contributed by atoms with Crippen LogP contribution in [0.15, 0.2) is 30.5 Å². The van der Waals surface area contributed by atoms with Crippen LogP contribution in [0, 0.1) is 0 Å². The SMILES string of the molecule is CC(C)(C)c1cnn(CC(F)(F)F)c1-c1ccc(C(F)(F)F)cc1. The van der Waals surface area contributed by atoms with Gasteiger partial charge in [0.25, 0.3) is 0 Å². The Labute approximate surface area is 135 Å². The molecule has 0 bridgehead atoms. The maximum Gasteiger partial charge on any atom is 0.416 e. The maximum absolute atomic E-state index is 12.8. The lowest BCUT2D eigenvalue weighted by Crippen LogP contribution is -2.20. The van der Waals surface area contributed by atoms with Gasteiger partial charge in [-0.1, -0.05) is 32.9 Å². The monoisotopic (exact) mass is 350 g/mol. The van der Waals surface area contributed by atoms with Crippen LogP contribution in [0.3, 0.4) is 0 Å². The van der Waals surface area contributed by atoms with Crippen LogP contribution in [0.2, 0.25) is 0 Å². The van der Waals surface area contributed by atoms with E-state index in [-0.39, 0.29) is 11.3 Å². The van der Waals surface area contributed by atoms with E-state index in [0.717, 1.165) is 16.8 Å². The lowest BCUT2D eigenvalue weighted by atomic mass is 9.85. The van der Waals surface area contributed by atoms with Crippen LogP contribution in [0.5, 0.6) is 0 Å². The Morgan fingerprint density at radius 1 is 0.917 bits per heavy atom. The minimum Gasteiger partial charge on any atom is -0.255 e. The van der Waals surface area contributed by atoms with E-state index in [4.69, 9.17) is 0 Å². The Morgan fingerprint density at radius 3 is 1.88 bits per heavy atom. The van der Waals surface area contributed by atoms with E-state index in [0.29, 0.717) is 5.56 Å². The topological polar surface area (TPSA) is 17.8 Å². The third-order valence-corrected chi connectivity index (χ3v) is 3.46. The average molecular weight is 350 g/mol. The largest absolute Gasteiger partial charge is 0.416 e. The van der Waals surface area contributed by atoms with E-state index in [9.17, 15) is 26.3 Å². The van der Waals surface area contributed by atoms with Gasteiger partial charge in [-0.15, -0.1) is 0 Å². The van der Waals surface area contributed by atoms with Crippen molar-refractivity contribution in [2.24, 2.45) is 0 Å². The van der Waals surface area contributed by atoms with Gasteiger partial charge in [-0.25, -0.2) is 0 Å². The van der Waals surface area contributed by atoms with Crippen molar-refractivity contribution in [3.05, 3.63) is 41.6 Å². The first kappa shape index (κ1) is 18.4. The molecule has 0 fully saturated rings. The van der Waals surface area contributed by atoms with Crippen LogP contribution in [-0.4, -0.2) is 16.0 Å². The molecule has 0 aliphatic rings. The molecule has 0 unspecified atom stereocenters. The number of hydrogen-bond donors (Lipinski definition) is 0. The van der Waals surface area contributed by atoms with Gasteiger partial charge in [0.2, 0.25) is 0 Å². The van der Waals surface area contributed by atoms with E-state index in [1.165, 1.54) is 18.3 Å². The molecule has 1 heterocycles. The summed E-state index contributed by atoms with van der Waals surface area (Å²) in [6, 6.07) is 4.04. The van der Waals surface area contributed by atoms with Crippen LogP contribution in [0.1, 0.15) is 31.9 Å². The molecular formula is C16H16F6N2. The van der Waals surface area contributed by atoms with Gasteiger partial charge in [-0.05, 0) is 17.5 Å². The number of hydrogen-bond acceptors (Lipinski definition) is 1. The summed E-state index contributed by atoms with van der Waals surface area (Å²) in [4.78, 5) is 0. The van der Waals surface area contributed by atoms with Crippen LogP contribution >= 0.6 is 0 Å². The van der Waals surface area contributed by atoms with Gasteiger partial charge >= 0.3 is 12.4 Å². The smallest absolute Gasteiger partial charge is 0.255 e. The molecular weight excluding hydrogens is 334 g/mol. The number of rotatable bonds is 2. The van der Waals surface area contributed by atoms with Gasteiger partial charge in [0.1, 0.15) is 6.54 Å². The van der Waals surface area contributed by atoms with E-state index >= 15 is 0 Å². The molecule has 1 aromatic carbocycles. The van der Waals surface area contributed by atoms with Crippen molar-refractivity contribution in [1.29, 1.82) is 0 Å². The van der Waals surface area contributed by atoms with Crippen molar-refractivity contribution in [3.63, 3.8) is 0 Å². The van der Waals surface area contributed by atoms with Crippen molar-refractivity contribution in [2.75, 3.05) is 0 Å². The molecule has 0 aliphatic carbocycles. The fourth-order valence-corrected chi connectivity index (χ4v) is 2.35. The second kappa shape index (κ2) is 5.82. The molecule has 1 aromatic heterocycles. The van der Waals surface area contributed by atoms with Crippen molar-refractivity contribution in [2.45, 2.75) is 45.1 Å². The van der Waals surface area contributed by atoms with Crippen molar-refractivity contribution < 1.29 is 26.3 Å². The summed E-state index contributed by atoms with van der Waals surface area (Å²) >= 11 is 0. The number of aromatic nitrogens is 2. The molecule has 0 N–H and O–H groups in total. The standard InChI is InChI=1S/C16H16F6N2/c1-14(2,3)12-8-23-24(9-15(17,18)19)13(12)10-4-6-11(7-5-10)16(20,21)22/h4-8H,9H2,1-3H3. The highest BCUT2D eigenvalue weighted by Gasteiger charge is 2.33. The number of halogens is 6. The first-order chi connectivity index (χ1) is 10.8. The molecule has 24 heavy (non-hydrogen) atoms. The van der Waals surface area contributed by atoms with Crippen LogP contribution in [0.25, 0.3) is 11.3 Å². The van der Waals surface area contributed by atoms with Gasteiger partial charge in [0.05, 0.1) is 17.5 Å². The Bertz CT molecular complexity index is 702. The molecule has 0 aliphatic heterocycles. The lowest BCUT2D eigenvalue weighted by Gasteiger charge is -2.20. The van der Waals surface area contributed by atoms with Crippen LogP contribution in [0.4, 0.5) is 26.3 Å². The molecule has 0 spiro atoms. The quantitative estimate of drug-likeness (QED) is 0.661. The lowest BCUT2D eigenvalue weighted by molar-refractivity contribution is -0.142. The summed E-state index contributed by atoms with van der Waals surface area (Å²) in [5.74, 6) is 0. The first-order valence-corrected chi connectivity index (χ1v) is 7.10. The minimum atomic E-state index is -4.50. The molecule has 8 heteroatoms. The fourth-order valence-electron chi connectivity index (χ4n) is 2.35. The van der Waals surface area contributed by atoms with Crippen molar-refractivity contribution in [1.82, 2.24) is 9.78 Å². The molecule has 2 aromatic rings. The first-order valence-electron chi connectivity index (χ1n) is 7.10. The van der Waals surface area contributed by atoms with Crippen LogP contribution < -0.4 is 0 Å². The highest BCUT2D eigenvalue weighted by atomic mass is 19.4. The summed E-state index contributed by atoms with van der Waals surface area (Å²) in [5, 5.41) is 3.79. The molecule has 2 rings (SSSR count). The Balaban J connectivity index is 2.56. The van der Waals surface area contributed by atoms with E-state index in [1.54, 1.807) is 20.8 Å². The Hall–Kier alpha value is -1.99. The second-order valence-electron chi connectivity index (χ2n) is 6.50. The average Bonchev–Trinajstić information content (AvgIpc) is 2.79. The van der Waals surface area contributed by atoms with Gasteiger partial charge in [0.15, 0.2) is 0 Å². The van der Waals surface area contributed by atoms with Crippen LogP contribution in [-0.2, 0) is 18.1 Å². The predicted octanol–water partition coefficient (Wildman–Crippen LogP) is 5.43. The minimum absolute atomic E-state index is 0.175. The zero-order valence-electron chi connectivity index (χ0n) is 13.3. The summed E-state index contributed by atoms with van der Waals surface area (Å²) in [5.41, 5.74) is -0.401. The number of alkyl halides is 6. The van der Waals surface area contributed by atoms with Gasteiger partial charge in [-0.3, -0.25) is 4.68 Å². The summed E-state index contributed by atoms with van der Waals surface area (Å²) in [6.07, 6.45) is -7.65. The number of benzene rings is 1.